The predicted molar refractivity (Wildman–Crippen MR) is 168 cm³/mol. The van der Waals surface area contributed by atoms with Crippen molar-refractivity contribution in [1.82, 2.24) is 5.32 Å². The number of aliphatic hydroxyl groups is 1. The Bertz CT molecular complexity index is 1440. The second-order valence-corrected chi connectivity index (χ2v) is 14.2. The molecule has 1 spiro atoms. The number of unbranched alkanes of at least 4 members (excludes halogenated alkanes) is 1. The largest absolute Gasteiger partial charge is 0.427 e. The molecule has 5 aliphatic carbocycles. The molecule has 236 valence electrons. The molecule has 1 saturated heterocycles. The van der Waals surface area contributed by atoms with Gasteiger partial charge in [-0.05, 0) is 111 Å². The molecule has 7 nitrogen and oxygen atoms in total. The Morgan fingerprint density at radius 3 is 2.68 bits per heavy atom. The first kappa shape index (κ1) is 29.6. The van der Waals surface area contributed by atoms with Crippen LogP contribution in [-0.4, -0.2) is 30.2 Å². The number of nitrogens with one attached hydrogen (secondary N) is 1. The van der Waals surface area contributed by atoms with E-state index in [0.29, 0.717) is 18.8 Å². The topological polar surface area (TPSA) is 111 Å². The number of nitrogens with two attached hydrogens (primary N) is 1. The average Bonchev–Trinajstić information content (AvgIpc) is 3.71. The fourth-order valence-corrected chi connectivity index (χ4v) is 10.2. The summed E-state index contributed by atoms with van der Waals surface area (Å²) in [5, 5.41) is 13.1. The quantitative estimate of drug-likeness (QED) is 0.263. The molecule has 44 heavy (non-hydrogen) atoms. The van der Waals surface area contributed by atoms with Crippen LogP contribution in [0, 0.1) is 34.5 Å². The molecule has 8 rings (SSSR count). The highest BCUT2D eigenvalue weighted by molar-refractivity contribution is 6.00. The summed E-state index contributed by atoms with van der Waals surface area (Å²) in [5.41, 5.74) is 10.7. The van der Waals surface area contributed by atoms with E-state index in [9.17, 15) is 14.7 Å². The molecule has 8 aliphatic rings. The number of carbonyl (C=O) groups is 2. The van der Waals surface area contributed by atoms with Crippen molar-refractivity contribution < 1.29 is 24.2 Å². The number of hydrogen-bond acceptors (Lipinski definition) is 7. The Balaban J connectivity index is 1.42. The normalized spacial score (nSPS) is 34.4. The first-order chi connectivity index (χ1) is 21.4. The summed E-state index contributed by atoms with van der Waals surface area (Å²) < 4.78 is 12.5. The van der Waals surface area contributed by atoms with Gasteiger partial charge in [0.15, 0.2) is 0 Å². The van der Waals surface area contributed by atoms with Gasteiger partial charge in [-0.25, -0.2) is 9.59 Å². The van der Waals surface area contributed by atoms with Gasteiger partial charge in [-0.3, -0.25) is 0 Å². The Morgan fingerprint density at radius 1 is 1.14 bits per heavy atom. The zero-order valence-corrected chi connectivity index (χ0v) is 26.4. The molecule has 2 saturated carbocycles. The van der Waals surface area contributed by atoms with Gasteiger partial charge in [0.2, 0.25) is 0 Å². The van der Waals surface area contributed by atoms with Crippen LogP contribution in [0.3, 0.4) is 0 Å². The van der Waals surface area contributed by atoms with Crippen LogP contribution < -0.4 is 11.1 Å². The van der Waals surface area contributed by atoms with E-state index in [2.05, 4.69) is 37.4 Å². The van der Waals surface area contributed by atoms with Crippen molar-refractivity contribution in [3.8, 4) is 0 Å². The summed E-state index contributed by atoms with van der Waals surface area (Å²) in [6.45, 7) is 5.12. The van der Waals surface area contributed by atoms with Crippen molar-refractivity contribution in [3.63, 3.8) is 0 Å². The van der Waals surface area contributed by atoms with E-state index in [0.717, 1.165) is 98.0 Å². The van der Waals surface area contributed by atoms with E-state index in [4.69, 9.17) is 15.2 Å². The number of rotatable bonds is 9. The van der Waals surface area contributed by atoms with Crippen LogP contribution in [-0.2, 0) is 19.1 Å². The van der Waals surface area contributed by atoms with E-state index in [1.54, 1.807) is 0 Å². The summed E-state index contributed by atoms with van der Waals surface area (Å²) in [6.07, 6.45) is 21.1. The third-order valence-corrected chi connectivity index (χ3v) is 12.1. The lowest BCUT2D eigenvalue weighted by molar-refractivity contribution is -0.135. The standard InChI is InChI=1S/C37H48N2O5/c1-3-5-10-28-37-17-13-24(30(33(37)35(42)44-28)23(9-8-19-40)22-14-18-39-29(38)20-22)25-11-12-26-27(43-34(41)31(26)32(25)37)21-36(4-2)15-6-7-16-36/h10,14,20-21,23-25,32,39-40H,3-9,11-13,15-19,38H2,1-2H3. The van der Waals surface area contributed by atoms with Crippen LogP contribution in [0.2, 0.25) is 0 Å². The number of hydrogen-bond donors (Lipinski definition) is 3. The van der Waals surface area contributed by atoms with Gasteiger partial charge in [-0.1, -0.05) is 39.2 Å². The monoisotopic (exact) mass is 600 g/mol. The SMILES string of the molecule is CCCC=C1OC(=O)C2=C(C(CCCO)C3=CCNC(N)=C3)C3CCC12C1C2=C(CCC31)C(=CC1(CC)CCCC1)OC2=O. The van der Waals surface area contributed by atoms with Crippen molar-refractivity contribution >= 4 is 11.9 Å². The van der Waals surface area contributed by atoms with Gasteiger partial charge >= 0.3 is 11.9 Å². The first-order valence-corrected chi connectivity index (χ1v) is 17.2. The molecule has 0 aromatic carbocycles. The molecule has 5 atom stereocenters. The maximum atomic E-state index is 14.1. The number of carbonyl (C=O) groups excluding carboxylic acids is 2. The highest BCUT2D eigenvalue weighted by Crippen LogP contribution is 2.71. The molecule has 2 bridgehead atoms. The molecule has 5 unspecified atom stereocenters. The molecule has 0 aromatic heterocycles. The van der Waals surface area contributed by atoms with Crippen LogP contribution in [0.1, 0.15) is 97.3 Å². The zero-order chi connectivity index (χ0) is 30.6. The molecular formula is C37H48N2O5. The minimum absolute atomic E-state index is 0.0327. The maximum absolute atomic E-state index is 14.1. The van der Waals surface area contributed by atoms with Gasteiger partial charge in [0, 0.05) is 36.1 Å². The minimum atomic E-state index is -0.660. The van der Waals surface area contributed by atoms with E-state index < -0.39 is 5.41 Å². The predicted octanol–water partition coefficient (Wildman–Crippen LogP) is 6.39. The van der Waals surface area contributed by atoms with E-state index in [1.807, 2.05) is 6.08 Å². The summed E-state index contributed by atoms with van der Waals surface area (Å²) in [7, 11) is 0. The molecule has 4 N–H and O–H groups in total. The molecule has 0 radical (unpaired) electrons. The lowest BCUT2D eigenvalue weighted by atomic mass is 9.43. The van der Waals surface area contributed by atoms with Crippen molar-refractivity contribution in [2.75, 3.05) is 13.2 Å². The lowest BCUT2D eigenvalue weighted by Gasteiger charge is -2.57. The Morgan fingerprint density at radius 2 is 1.95 bits per heavy atom. The van der Waals surface area contributed by atoms with Gasteiger partial charge in [-0.2, -0.15) is 0 Å². The summed E-state index contributed by atoms with van der Waals surface area (Å²) in [5.74, 6) is 1.93. The van der Waals surface area contributed by atoms with Gasteiger partial charge < -0.3 is 25.6 Å². The summed E-state index contributed by atoms with van der Waals surface area (Å²) in [4.78, 5) is 28.1. The molecule has 3 aliphatic heterocycles. The van der Waals surface area contributed by atoms with Crippen molar-refractivity contribution in [2.24, 2.45) is 40.2 Å². The molecule has 3 heterocycles. The van der Waals surface area contributed by atoms with Gasteiger partial charge in [0.25, 0.3) is 0 Å². The highest BCUT2D eigenvalue weighted by Gasteiger charge is 2.68. The summed E-state index contributed by atoms with van der Waals surface area (Å²) >= 11 is 0. The third-order valence-electron chi connectivity index (χ3n) is 12.1. The second kappa shape index (κ2) is 11.4. The maximum Gasteiger partial charge on any atom is 0.340 e. The van der Waals surface area contributed by atoms with Crippen LogP contribution in [0.15, 0.2) is 69.5 Å². The van der Waals surface area contributed by atoms with E-state index in [1.165, 1.54) is 18.4 Å². The van der Waals surface area contributed by atoms with Crippen LogP contribution in [0.5, 0.6) is 0 Å². The van der Waals surface area contributed by atoms with E-state index >= 15 is 0 Å². The molecule has 0 amide bonds. The molecule has 0 aromatic rings. The van der Waals surface area contributed by atoms with Gasteiger partial charge in [0.1, 0.15) is 11.5 Å². The second-order valence-electron chi connectivity index (χ2n) is 14.2. The lowest BCUT2D eigenvalue weighted by Crippen LogP contribution is -2.53. The molecule has 3 fully saturated rings. The van der Waals surface area contributed by atoms with Gasteiger partial charge in [0.05, 0.1) is 16.8 Å². The smallest absolute Gasteiger partial charge is 0.340 e. The zero-order valence-electron chi connectivity index (χ0n) is 26.4. The third kappa shape index (κ3) is 4.39. The fourth-order valence-electron chi connectivity index (χ4n) is 10.2. The van der Waals surface area contributed by atoms with Crippen molar-refractivity contribution in [3.05, 3.63) is 69.5 Å². The number of aliphatic hydroxyl groups excluding tert-OH is 1. The first-order valence-electron chi connectivity index (χ1n) is 17.2. The number of ether oxygens (including phenoxy) is 2. The van der Waals surface area contributed by atoms with Crippen LogP contribution >= 0.6 is 0 Å². The van der Waals surface area contributed by atoms with Crippen molar-refractivity contribution in [2.45, 2.75) is 97.3 Å². The number of esters is 2. The van der Waals surface area contributed by atoms with Crippen molar-refractivity contribution in [1.29, 1.82) is 0 Å². The van der Waals surface area contributed by atoms with Crippen LogP contribution in [0.4, 0.5) is 0 Å². The minimum Gasteiger partial charge on any atom is -0.427 e. The Kier molecular flexibility index (Phi) is 7.67. The number of dihydropyridines is 1. The Labute approximate surface area is 261 Å². The van der Waals surface area contributed by atoms with E-state index in [-0.39, 0.29) is 47.6 Å². The number of fused-ring (bicyclic) bond motifs is 1. The molecular weight excluding hydrogens is 552 g/mol. The van der Waals surface area contributed by atoms with Crippen LogP contribution in [0.25, 0.3) is 0 Å². The fraction of sp³-hybridized carbons (Fsp3) is 0.622. The Hall–Kier alpha value is -3.06. The average molecular weight is 601 g/mol. The molecule has 7 heteroatoms. The number of allylic oxidation sites excluding steroid dienone is 7. The van der Waals surface area contributed by atoms with Gasteiger partial charge in [-0.15, -0.1) is 0 Å². The highest BCUT2D eigenvalue weighted by atomic mass is 16.5. The summed E-state index contributed by atoms with van der Waals surface area (Å²) in [6, 6.07) is 0. The number of cyclic esters (lactones) is 2.